The quantitative estimate of drug-likeness (QED) is 0.629. The number of carbonyl (C=O) groups is 1. The van der Waals surface area contributed by atoms with Crippen LogP contribution in [0.5, 0.6) is 5.75 Å². The van der Waals surface area contributed by atoms with Gasteiger partial charge in [-0.05, 0) is 73.1 Å². The van der Waals surface area contributed by atoms with Crippen molar-refractivity contribution >= 4 is 17.5 Å². The maximum absolute atomic E-state index is 13.1. The number of ether oxygens (including phenoxy) is 1. The number of carbonyl (C=O) groups excluding carboxylic acids is 1. The van der Waals surface area contributed by atoms with Gasteiger partial charge in [0.2, 0.25) is 0 Å². The van der Waals surface area contributed by atoms with Gasteiger partial charge >= 0.3 is 0 Å². The van der Waals surface area contributed by atoms with Crippen molar-refractivity contribution in [2.45, 2.75) is 51.6 Å². The van der Waals surface area contributed by atoms with Gasteiger partial charge in [0.05, 0.1) is 0 Å². The molecule has 2 aromatic carbocycles. The zero-order valence-electron chi connectivity index (χ0n) is 16.3. The van der Waals surface area contributed by atoms with E-state index in [1.54, 1.807) is 0 Å². The largest absolute Gasteiger partial charge is 0.489 e. The van der Waals surface area contributed by atoms with Crippen LogP contribution in [0.2, 0.25) is 5.02 Å². The number of benzene rings is 2. The van der Waals surface area contributed by atoms with Crippen LogP contribution in [-0.4, -0.2) is 23.9 Å². The van der Waals surface area contributed by atoms with Crippen molar-refractivity contribution in [3.63, 3.8) is 0 Å². The van der Waals surface area contributed by atoms with Crippen LogP contribution in [0.3, 0.4) is 0 Å². The number of hydrogen-bond donors (Lipinski definition) is 0. The van der Waals surface area contributed by atoms with E-state index in [4.69, 9.17) is 16.3 Å². The highest BCUT2D eigenvalue weighted by Gasteiger charge is 2.25. The summed E-state index contributed by atoms with van der Waals surface area (Å²) in [7, 11) is 0. The van der Waals surface area contributed by atoms with Gasteiger partial charge in [-0.1, -0.05) is 43.0 Å². The highest BCUT2D eigenvalue weighted by Crippen LogP contribution is 2.28. The van der Waals surface area contributed by atoms with Crippen molar-refractivity contribution in [2.75, 3.05) is 13.1 Å². The highest BCUT2D eigenvalue weighted by atomic mass is 35.5. The summed E-state index contributed by atoms with van der Waals surface area (Å²) in [5.74, 6) is 1.70. The molecule has 0 bridgehead atoms. The summed E-state index contributed by atoms with van der Waals surface area (Å²) in [4.78, 5) is 15.2. The number of nitrogens with zero attached hydrogens (tertiary/aromatic N) is 1. The van der Waals surface area contributed by atoms with E-state index in [1.165, 1.54) is 32.1 Å². The van der Waals surface area contributed by atoms with Crippen LogP contribution in [0, 0.1) is 5.92 Å². The monoisotopic (exact) mass is 397 g/mol. The fourth-order valence-electron chi connectivity index (χ4n) is 4.41. The lowest BCUT2D eigenvalue weighted by molar-refractivity contribution is 0.0719. The molecule has 0 saturated heterocycles. The van der Waals surface area contributed by atoms with Gasteiger partial charge in [0, 0.05) is 23.7 Å². The zero-order valence-corrected chi connectivity index (χ0v) is 17.1. The molecule has 1 heterocycles. The third-order valence-corrected chi connectivity index (χ3v) is 6.24. The highest BCUT2D eigenvalue weighted by molar-refractivity contribution is 6.30. The Morgan fingerprint density at radius 3 is 2.57 bits per heavy atom. The van der Waals surface area contributed by atoms with Gasteiger partial charge in [0.25, 0.3) is 5.91 Å². The predicted molar refractivity (Wildman–Crippen MR) is 113 cm³/mol. The van der Waals surface area contributed by atoms with Crippen LogP contribution in [0.25, 0.3) is 0 Å². The average molecular weight is 398 g/mol. The Kier molecular flexibility index (Phi) is 6.21. The first kappa shape index (κ1) is 19.3. The minimum atomic E-state index is 0.197. The molecule has 0 radical (unpaired) electrons. The van der Waals surface area contributed by atoms with Gasteiger partial charge in [0.15, 0.2) is 0 Å². The Balaban J connectivity index is 1.42. The molecule has 28 heavy (non-hydrogen) atoms. The number of amides is 1. The average Bonchev–Trinajstić information content (AvgIpc) is 2.87. The lowest BCUT2D eigenvalue weighted by Crippen LogP contribution is -2.36. The van der Waals surface area contributed by atoms with Crippen molar-refractivity contribution in [3.05, 3.63) is 64.2 Å². The van der Waals surface area contributed by atoms with Crippen molar-refractivity contribution in [1.82, 2.24) is 4.90 Å². The third kappa shape index (κ3) is 4.70. The molecule has 0 aromatic heterocycles. The minimum Gasteiger partial charge on any atom is -0.489 e. The molecule has 0 N–H and O–H groups in total. The Morgan fingerprint density at radius 2 is 1.79 bits per heavy atom. The predicted octanol–water partition coefficient (Wildman–Crippen LogP) is 5.89. The Labute approximate surface area is 172 Å². The molecule has 2 aliphatic rings. The van der Waals surface area contributed by atoms with Crippen LogP contribution >= 0.6 is 11.6 Å². The normalized spacial score (nSPS) is 17.9. The second-order valence-electron chi connectivity index (χ2n) is 8.09. The number of hydrogen-bond acceptors (Lipinski definition) is 2. The van der Waals surface area contributed by atoms with Crippen LogP contribution in [0.4, 0.5) is 0 Å². The van der Waals surface area contributed by atoms with Crippen LogP contribution in [-0.2, 0) is 13.0 Å². The lowest BCUT2D eigenvalue weighted by atomic mass is 9.89. The molecule has 0 spiro atoms. The van der Waals surface area contributed by atoms with Gasteiger partial charge < -0.3 is 9.64 Å². The molecule has 0 atom stereocenters. The van der Waals surface area contributed by atoms with E-state index < -0.39 is 0 Å². The fourth-order valence-corrected chi connectivity index (χ4v) is 4.54. The Bertz CT molecular complexity index is 812. The van der Waals surface area contributed by atoms with E-state index in [9.17, 15) is 4.79 Å². The summed E-state index contributed by atoms with van der Waals surface area (Å²) in [6, 6.07) is 13.6. The Morgan fingerprint density at radius 1 is 1.00 bits per heavy atom. The third-order valence-electron chi connectivity index (χ3n) is 5.99. The fraction of sp³-hybridized carbons (Fsp3) is 0.458. The molecule has 4 rings (SSSR count). The van der Waals surface area contributed by atoms with Crippen molar-refractivity contribution in [3.8, 4) is 5.75 Å². The van der Waals surface area contributed by atoms with E-state index >= 15 is 0 Å². The van der Waals surface area contributed by atoms with Gasteiger partial charge in [-0.25, -0.2) is 0 Å². The maximum Gasteiger partial charge on any atom is 0.254 e. The van der Waals surface area contributed by atoms with Crippen molar-refractivity contribution in [1.29, 1.82) is 0 Å². The van der Waals surface area contributed by atoms with E-state index in [1.807, 2.05) is 42.5 Å². The molecule has 1 fully saturated rings. The molecule has 1 amide bonds. The Hall–Kier alpha value is -2.00. The summed E-state index contributed by atoms with van der Waals surface area (Å²) in [5.41, 5.74) is 3.05. The standard InChI is InChI=1S/C24H28ClNO2/c25-21-10-8-19(9-11-21)17-28-22-12-13-23-20(15-22)7-4-14-26(24(23)27)16-18-5-2-1-3-6-18/h8-13,15,18H,1-7,14,16-17H2. The molecule has 0 unspecified atom stereocenters. The number of rotatable bonds is 5. The molecule has 3 nitrogen and oxygen atoms in total. The summed E-state index contributed by atoms with van der Waals surface area (Å²) in [6.45, 7) is 2.29. The van der Waals surface area contributed by atoms with Crippen molar-refractivity contribution in [2.24, 2.45) is 5.92 Å². The van der Waals surface area contributed by atoms with E-state index in [0.717, 1.165) is 53.4 Å². The van der Waals surface area contributed by atoms with Crippen molar-refractivity contribution < 1.29 is 9.53 Å². The van der Waals surface area contributed by atoms with E-state index in [0.29, 0.717) is 12.5 Å². The molecular weight excluding hydrogens is 370 g/mol. The van der Waals surface area contributed by atoms with Gasteiger partial charge in [-0.2, -0.15) is 0 Å². The van der Waals surface area contributed by atoms with Gasteiger partial charge in [-0.15, -0.1) is 0 Å². The van der Waals surface area contributed by atoms with Gasteiger partial charge in [0.1, 0.15) is 12.4 Å². The first-order valence-corrected chi connectivity index (χ1v) is 10.9. The second-order valence-corrected chi connectivity index (χ2v) is 8.53. The number of halogens is 1. The number of fused-ring (bicyclic) bond motifs is 1. The molecule has 2 aromatic rings. The molecule has 1 saturated carbocycles. The number of aryl methyl sites for hydroxylation is 1. The van der Waals surface area contributed by atoms with E-state index in [-0.39, 0.29) is 5.91 Å². The molecular formula is C24H28ClNO2. The zero-order chi connectivity index (χ0) is 19.3. The summed E-state index contributed by atoms with van der Waals surface area (Å²) < 4.78 is 5.95. The van der Waals surface area contributed by atoms with Crippen LogP contribution < -0.4 is 4.74 Å². The summed E-state index contributed by atoms with van der Waals surface area (Å²) in [5, 5.41) is 0.727. The minimum absolute atomic E-state index is 0.197. The maximum atomic E-state index is 13.1. The summed E-state index contributed by atoms with van der Waals surface area (Å²) >= 11 is 5.93. The summed E-state index contributed by atoms with van der Waals surface area (Å²) in [6.07, 6.45) is 8.48. The van der Waals surface area contributed by atoms with Crippen LogP contribution in [0.1, 0.15) is 60.0 Å². The smallest absolute Gasteiger partial charge is 0.254 e. The van der Waals surface area contributed by atoms with Crippen LogP contribution in [0.15, 0.2) is 42.5 Å². The first-order chi connectivity index (χ1) is 13.7. The second kappa shape index (κ2) is 9.00. The lowest BCUT2D eigenvalue weighted by Gasteiger charge is -2.29. The first-order valence-electron chi connectivity index (χ1n) is 10.5. The molecule has 148 valence electrons. The van der Waals surface area contributed by atoms with E-state index in [2.05, 4.69) is 4.90 Å². The molecule has 1 aliphatic carbocycles. The molecule has 1 aliphatic heterocycles. The van der Waals surface area contributed by atoms with Gasteiger partial charge in [-0.3, -0.25) is 4.79 Å². The SMILES string of the molecule is O=C1c2ccc(OCc3ccc(Cl)cc3)cc2CCCN1CC1CCCCC1. The topological polar surface area (TPSA) is 29.5 Å². The molecule has 4 heteroatoms.